The molecule has 0 bridgehead atoms. The lowest BCUT2D eigenvalue weighted by atomic mass is 9.91. The number of fused-ring (bicyclic) bond motifs is 3. The number of ether oxygens (including phenoxy) is 1. The van der Waals surface area contributed by atoms with Crippen molar-refractivity contribution in [1.29, 1.82) is 5.26 Å². The van der Waals surface area contributed by atoms with Crippen LogP contribution in [0, 0.1) is 43.9 Å². The smallest absolute Gasteiger partial charge is 0.272 e. The third kappa shape index (κ3) is 8.48. The Morgan fingerprint density at radius 2 is 1.86 bits per heavy atom. The largest absolute Gasteiger partial charge is 0.490 e. The van der Waals surface area contributed by atoms with Crippen LogP contribution in [0.5, 0.6) is 5.75 Å². The Balaban J connectivity index is 0.739. The van der Waals surface area contributed by atoms with Gasteiger partial charge in [0.15, 0.2) is 23.2 Å². The van der Waals surface area contributed by atoms with E-state index >= 15 is 0 Å². The Bertz CT molecular complexity index is 2700. The maximum absolute atomic E-state index is 13.2. The first-order valence-electron chi connectivity index (χ1n) is 22.0. The number of aryl methyl sites for hydroxylation is 2. The number of amides is 1. The average Bonchev–Trinajstić information content (AvgIpc) is 3.53. The topological polar surface area (TPSA) is 160 Å². The number of piperidine rings is 1. The van der Waals surface area contributed by atoms with Gasteiger partial charge in [-0.25, -0.2) is 4.98 Å². The molecular weight excluding hydrogens is 832 g/mol. The van der Waals surface area contributed by atoms with Gasteiger partial charge in [0.05, 0.1) is 35.0 Å². The number of anilines is 1. The minimum atomic E-state index is -0.294. The zero-order valence-electron chi connectivity index (χ0n) is 35.6. The number of benzene rings is 2. The number of rotatable bonds is 11. The number of aliphatic imine (C=N–C) groups is 1. The summed E-state index contributed by atoms with van der Waals surface area (Å²) < 4.78 is 14.0. The quantitative estimate of drug-likeness (QED) is 0.133. The second kappa shape index (κ2) is 17.3. The van der Waals surface area contributed by atoms with Crippen molar-refractivity contribution in [2.75, 3.05) is 18.0 Å². The van der Waals surface area contributed by atoms with E-state index < -0.39 is 0 Å². The van der Waals surface area contributed by atoms with Gasteiger partial charge in [0.1, 0.15) is 34.9 Å². The predicted octanol–water partition coefficient (Wildman–Crippen LogP) is 9.22. The second-order valence-corrected chi connectivity index (χ2v) is 19.1. The molecular formula is C48H49ClN10O3S. The Morgan fingerprint density at radius 3 is 2.60 bits per heavy atom. The van der Waals surface area contributed by atoms with Crippen molar-refractivity contribution in [3.8, 4) is 16.8 Å². The number of carbonyl (C=O) groups is 1. The normalized spacial score (nSPS) is 22.9. The average molecular weight is 882 g/mol. The van der Waals surface area contributed by atoms with Gasteiger partial charge in [0, 0.05) is 41.2 Å². The number of carbonyl (C=O) groups excluding carboxylic acids is 1. The van der Waals surface area contributed by atoms with E-state index in [-0.39, 0.29) is 24.1 Å². The SMILES string of the molecule is Cc1sc2c(c1C)C(c1ccc(C3C[C@@H]3CC3CCCN(c4ccc(C(=O)N[C@H]5CC[C@H](Oc6ccc(C#N)c(Cl)c6)CC5)nn4)C3)cc1)=N[C@@H](Cc1ncco1)c1nnc(C)n1-2. The van der Waals surface area contributed by atoms with Gasteiger partial charge >= 0.3 is 0 Å². The molecule has 2 saturated carbocycles. The zero-order chi connectivity index (χ0) is 43.2. The highest BCUT2D eigenvalue weighted by molar-refractivity contribution is 7.15. The summed E-state index contributed by atoms with van der Waals surface area (Å²) in [5.74, 6) is 5.37. The first kappa shape index (κ1) is 41.1. The van der Waals surface area contributed by atoms with E-state index in [2.05, 4.69) is 84.3 Å². The van der Waals surface area contributed by atoms with Crippen LogP contribution in [0.2, 0.25) is 5.02 Å². The number of aromatic nitrogens is 6. The third-order valence-corrected chi connectivity index (χ3v) is 14.9. The zero-order valence-corrected chi connectivity index (χ0v) is 37.2. The van der Waals surface area contributed by atoms with E-state index in [4.69, 9.17) is 31.0 Å². The molecule has 4 aliphatic rings. The molecule has 63 heavy (non-hydrogen) atoms. The standard InChI is InChI=1S/C48H49ClN10O3S/c1-27-28(2)63-48-44(27)45(53-41(24-43-51-18-20-61-43)46-57-54-29(3)59(46)48)32-8-6-31(7-9-32)38-22-34(38)21-30-5-4-19-58(26-30)42-17-16-40(55-56-42)47(60)52-35-11-14-36(15-12-35)62-37-13-10-33(25-50)39(49)23-37/h6-10,13,16-18,20,23,30,34-36,38,41H,4-5,11-12,14-15,19,21-22,24,26H2,1-3H3,(H,52,60)/t30?,34-,35-,36-,38?,41-/m0/s1. The van der Waals surface area contributed by atoms with Crippen molar-refractivity contribution in [2.45, 2.75) is 103 Å². The van der Waals surface area contributed by atoms with Gasteiger partial charge in [-0.05, 0) is 125 Å². The Hall–Kier alpha value is -5.91. The number of hydrogen-bond donors (Lipinski definition) is 1. The minimum absolute atomic E-state index is 0.0333. The Labute approximate surface area is 375 Å². The molecule has 0 spiro atoms. The van der Waals surface area contributed by atoms with Gasteiger partial charge in [0.25, 0.3) is 5.91 Å². The molecule has 2 aliphatic carbocycles. The minimum Gasteiger partial charge on any atom is -0.490 e. The number of thiophene rings is 1. The first-order valence-corrected chi connectivity index (χ1v) is 23.2. The number of nitrogens with one attached hydrogen (secondary N) is 1. The second-order valence-electron chi connectivity index (χ2n) is 17.5. The molecule has 3 fully saturated rings. The summed E-state index contributed by atoms with van der Waals surface area (Å²) in [6.45, 7) is 8.25. The number of hydrogen-bond acceptors (Lipinski definition) is 12. The summed E-state index contributed by atoms with van der Waals surface area (Å²) in [5.41, 5.74) is 6.61. The van der Waals surface area contributed by atoms with Crippen molar-refractivity contribution in [1.82, 2.24) is 35.3 Å². The van der Waals surface area contributed by atoms with E-state index in [0.29, 0.717) is 52.1 Å². The van der Waals surface area contributed by atoms with Gasteiger partial charge in [-0.2, -0.15) is 5.26 Å². The van der Waals surface area contributed by atoms with Crippen LogP contribution in [0.3, 0.4) is 0 Å². The van der Waals surface area contributed by atoms with Crippen LogP contribution in [0.25, 0.3) is 5.00 Å². The van der Waals surface area contributed by atoms with Gasteiger partial charge in [-0.1, -0.05) is 35.9 Å². The van der Waals surface area contributed by atoms with Crippen LogP contribution in [0.4, 0.5) is 5.82 Å². The molecule has 4 aromatic heterocycles. The van der Waals surface area contributed by atoms with Gasteiger partial charge < -0.3 is 19.4 Å². The number of nitriles is 1. The summed E-state index contributed by atoms with van der Waals surface area (Å²) in [6, 6.07) is 19.8. The van der Waals surface area contributed by atoms with Crippen LogP contribution in [-0.4, -0.2) is 66.8 Å². The molecule has 4 atom stereocenters. The number of halogens is 1. The van der Waals surface area contributed by atoms with Crippen molar-refractivity contribution in [3.63, 3.8) is 0 Å². The predicted molar refractivity (Wildman–Crippen MR) is 241 cm³/mol. The lowest BCUT2D eigenvalue weighted by molar-refractivity contribution is 0.0888. The third-order valence-electron chi connectivity index (χ3n) is 13.4. The molecule has 2 aromatic carbocycles. The Morgan fingerprint density at radius 1 is 1.02 bits per heavy atom. The van der Waals surface area contributed by atoms with E-state index in [0.717, 1.165) is 84.5 Å². The summed E-state index contributed by atoms with van der Waals surface area (Å²) in [5, 5.41) is 31.8. The fourth-order valence-electron chi connectivity index (χ4n) is 9.79. The molecule has 1 amide bonds. The van der Waals surface area contributed by atoms with Crippen molar-refractivity contribution in [2.24, 2.45) is 16.8 Å². The fourth-order valence-corrected chi connectivity index (χ4v) is 11.2. The van der Waals surface area contributed by atoms with Crippen LogP contribution >= 0.6 is 22.9 Å². The van der Waals surface area contributed by atoms with Crippen molar-refractivity contribution < 1.29 is 13.9 Å². The molecule has 1 N–H and O–H groups in total. The summed E-state index contributed by atoms with van der Waals surface area (Å²) in [6.07, 6.45) is 11.8. The number of nitrogens with zero attached hydrogens (tertiary/aromatic N) is 9. The molecule has 10 rings (SSSR count). The van der Waals surface area contributed by atoms with Crippen LogP contribution in [0.1, 0.15) is 124 Å². The van der Waals surface area contributed by atoms with Crippen molar-refractivity contribution >= 4 is 40.4 Å². The van der Waals surface area contributed by atoms with Gasteiger partial charge in [0.2, 0.25) is 0 Å². The highest BCUT2D eigenvalue weighted by Gasteiger charge is 2.41. The molecule has 15 heteroatoms. The highest BCUT2D eigenvalue weighted by atomic mass is 35.5. The molecule has 2 aliphatic heterocycles. The number of oxazole rings is 1. The molecule has 6 aromatic rings. The molecule has 1 saturated heterocycles. The molecule has 13 nitrogen and oxygen atoms in total. The lowest BCUT2D eigenvalue weighted by Crippen LogP contribution is -2.40. The van der Waals surface area contributed by atoms with Crippen LogP contribution in [0.15, 0.2) is 76.5 Å². The lowest BCUT2D eigenvalue weighted by Gasteiger charge is -2.33. The first-order chi connectivity index (χ1) is 30.7. The van der Waals surface area contributed by atoms with E-state index in [9.17, 15) is 4.79 Å². The maximum atomic E-state index is 13.2. The molecule has 0 radical (unpaired) electrons. The molecule has 322 valence electrons. The van der Waals surface area contributed by atoms with E-state index in [1.807, 2.05) is 13.0 Å². The van der Waals surface area contributed by atoms with E-state index in [1.54, 1.807) is 48.1 Å². The Kier molecular flexibility index (Phi) is 11.3. The van der Waals surface area contributed by atoms with Crippen LogP contribution < -0.4 is 15.0 Å². The monoisotopic (exact) mass is 880 g/mol. The summed E-state index contributed by atoms with van der Waals surface area (Å²) in [7, 11) is 0. The molecule has 2 unspecified atom stereocenters. The van der Waals surface area contributed by atoms with Gasteiger partial charge in [-0.15, -0.1) is 31.7 Å². The summed E-state index contributed by atoms with van der Waals surface area (Å²) in [4.78, 5) is 26.6. The maximum Gasteiger partial charge on any atom is 0.272 e. The highest BCUT2D eigenvalue weighted by Crippen LogP contribution is 2.52. The van der Waals surface area contributed by atoms with E-state index in [1.165, 1.54) is 35.3 Å². The van der Waals surface area contributed by atoms with Crippen molar-refractivity contribution in [3.05, 3.63) is 128 Å². The van der Waals surface area contributed by atoms with Gasteiger partial charge in [-0.3, -0.25) is 14.4 Å². The summed E-state index contributed by atoms with van der Waals surface area (Å²) >= 11 is 7.95. The van der Waals surface area contributed by atoms with Crippen LogP contribution in [-0.2, 0) is 6.42 Å². The molecule has 6 heterocycles. The fraction of sp³-hybridized carbons (Fsp3) is 0.417.